The van der Waals surface area contributed by atoms with Crippen LogP contribution in [-0.2, 0) is 18.0 Å². The van der Waals surface area contributed by atoms with Gasteiger partial charge in [0, 0.05) is 5.56 Å². The Morgan fingerprint density at radius 2 is 1.62 bits per heavy atom. The van der Waals surface area contributed by atoms with Crippen LogP contribution in [0.3, 0.4) is 0 Å². The minimum Gasteiger partial charge on any atom is -0.297 e. The van der Waals surface area contributed by atoms with Crippen LogP contribution in [0.4, 0.5) is 0 Å². The number of hydrogen-bond acceptors (Lipinski definition) is 4. The zero-order valence-corrected chi connectivity index (χ0v) is 11.5. The van der Waals surface area contributed by atoms with Gasteiger partial charge in [-0.15, -0.1) is 0 Å². The maximum absolute atomic E-state index is 5.45. The molecule has 2 N–H and O–H groups in total. The van der Waals surface area contributed by atoms with Gasteiger partial charge in [-0.1, -0.05) is 60.7 Å². The number of H-pyrrole nitrogens is 1. The molecule has 0 aliphatic heterocycles. The summed E-state index contributed by atoms with van der Waals surface area (Å²) in [7, 11) is 0. The van der Waals surface area contributed by atoms with Gasteiger partial charge >= 0.3 is 0 Å². The summed E-state index contributed by atoms with van der Waals surface area (Å²) >= 11 is 0. The van der Waals surface area contributed by atoms with Crippen LogP contribution in [0.25, 0.3) is 11.3 Å². The molecule has 3 aromatic rings. The van der Waals surface area contributed by atoms with Crippen LogP contribution in [0, 0.1) is 0 Å². The Balaban J connectivity index is 1.56. The third-order valence-corrected chi connectivity index (χ3v) is 3.09. The molecular formula is C16H16N4O. The van der Waals surface area contributed by atoms with E-state index in [1.165, 1.54) is 0 Å². The molecule has 3 rings (SSSR count). The number of aromatic nitrogens is 3. The minimum atomic E-state index is 0.494. The van der Waals surface area contributed by atoms with Crippen molar-refractivity contribution in [3.63, 3.8) is 0 Å². The van der Waals surface area contributed by atoms with Crippen molar-refractivity contribution in [3.05, 3.63) is 71.9 Å². The first-order valence-electron chi connectivity index (χ1n) is 6.77. The molecule has 0 saturated heterocycles. The van der Waals surface area contributed by atoms with Gasteiger partial charge in [-0.05, 0) is 5.56 Å². The van der Waals surface area contributed by atoms with Crippen LogP contribution >= 0.6 is 0 Å². The van der Waals surface area contributed by atoms with Crippen molar-refractivity contribution >= 4 is 0 Å². The predicted molar refractivity (Wildman–Crippen MR) is 79.9 cm³/mol. The fraction of sp³-hybridized carbons (Fsp3) is 0.125. The molecule has 0 spiro atoms. The molecule has 0 atom stereocenters. The second-order valence-corrected chi connectivity index (χ2v) is 4.58. The third-order valence-electron chi connectivity index (χ3n) is 3.09. The van der Waals surface area contributed by atoms with Crippen LogP contribution in [0.1, 0.15) is 11.3 Å². The van der Waals surface area contributed by atoms with Crippen molar-refractivity contribution in [3.8, 4) is 11.3 Å². The molecule has 0 radical (unpaired) electrons. The van der Waals surface area contributed by atoms with E-state index >= 15 is 0 Å². The third kappa shape index (κ3) is 3.53. The van der Waals surface area contributed by atoms with Crippen molar-refractivity contribution < 1.29 is 4.84 Å². The van der Waals surface area contributed by atoms with Gasteiger partial charge in [-0.3, -0.25) is 4.84 Å². The highest BCUT2D eigenvalue weighted by atomic mass is 16.6. The lowest BCUT2D eigenvalue weighted by Gasteiger charge is -2.05. The van der Waals surface area contributed by atoms with Gasteiger partial charge < -0.3 is 0 Å². The summed E-state index contributed by atoms with van der Waals surface area (Å²) in [5.74, 6) is 0. The Labute approximate surface area is 122 Å². The lowest BCUT2D eigenvalue weighted by molar-refractivity contribution is 0.0229. The average molecular weight is 280 g/mol. The number of rotatable bonds is 6. The topological polar surface area (TPSA) is 62.8 Å². The quantitative estimate of drug-likeness (QED) is 0.538. The lowest BCUT2D eigenvalue weighted by atomic mass is 10.1. The minimum absolute atomic E-state index is 0.494. The first-order chi connectivity index (χ1) is 10.4. The fourth-order valence-electron chi connectivity index (χ4n) is 2.03. The second kappa shape index (κ2) is 6.78. The molecule has 0 amide bonds. The Kier molecular flexibility index (Phi) is 4.36. The largest absolute Gasteiger partial charge is 0.297 e. The highest BCUT2D eigenvalue weighted by Gasteiger charge is 2.09. The summed E-state index contributed by atoms with van der Waals surface area (Å²) in [4.78, 5) is 5.45. The number of hydroxylamine groups is 1. The Bertz CT molecular complexity index is 667. The van der Waals surface area contributed by atoms with Crippen LogP contribution in [0.15, 0.2) is 60.7 Å². The van der Waals surface area contributed by atoms with Crippen LogP contribution in [0.2, 0.25) is 0 Å². The molecule has 1 aromatic heterocycles. The van der Waals surface area contributed by atoms with E-state index in [9.17, 15) is 0 Å². The Morgan fingerprint density at radius 1 is 0.905 bits per heavy atom. The van der Waals surface area contributed by atoms with Gasteiger partial charge in [0.1, 0.15) is 11.4 Å². The molecule has 2 aromatic carbocycles. The van der Waals surface area contributed by atoms with E-state index in [4.69, 9.17) is 4.84 Å². The molecule has 1 heterocycles. The zero-order chi connectivity index (χ0) is 14.3. The molecule has 0 aliphatic carbocycles. The number of aromatic amines is 1. The van der Waals surface area contributed by atoms with Gasteiger partial charge in [0.25, 0.3) is 0 Å². The van der Waals surface area contributed by atoms with E-state index in [-0.39, 0.29) is 0 Å². The summed E-state index contributed by atoms with van der Waals surface area (Å²) in [6.45, 7) is 1.01. The zero-order valence-electron chi connectivity index (χ0n) is 11.5. The lowest BCUT2D eigenvalue weighted by Crippen LogP contribution is -2.14. The molecule has 0 fully saturated rings. The Hall–Kier alpha value is -2.50. The SMILES string of the molecule is c1ccc(CONCc2n[nH]nc2-c2ccccc2)cc1. The van der Waals surface area contributed by atoms with Crippen LogP contribution in [-0.4, -0.2) is 15.4 Å². The van der Waals surface area contributed by atoms with Crippen LogP contribution in [0.5, 0.6) is 0 Å². The highest BCUT2D eigenvalue weighted by molar-refractivity contribution is 5.60. The van der Waals surface area contributed by atoms with E-state index in [1.54, 1.807) is 0 Å². The smallest absolute Gasteiger partial charge is 0.117 e. The van der Waals surface area contributed by atoms with Crippen molar-refractivity contribution in [1.82, 2.24) is 20.9 Å². The van der Waals surface area contributed by atoms with Gasteiger partial charge in [-0.2, -0.15) is 20.9 Å². The molecule has 106 valence electrons. The van der Waals surface area contributed by atoms with Crippen molar-refractivity contribution in [1.29, 1.82) is 0 Å². The van der Waals surface area contributed by atoms with Gasteiger partial charge in [0.05, 0.1) is 13.2 Å². The molecule has 5 heteroatoms. The average Bonchev–Trinajstić information content (AvgIpc) is 3.02. The van der Waals surface area contributed by atoms with E-state index in [2.05, 4.69) is 20.9 Å². The summed E-state index contributed by atoms with van der Waals surface area (Å²) in [6.07, 6.45) is 0. The maximum Gasteiger partial charge on any atom is 0.117 e. The summed E-state index contributed by atoms with van der Waals surface area (Å²) in [6, 6.07) is 20.0. The van der Waals surface area contributed by atoms with Crippen molar-refractivity contribution in [2.45, 2.75) is 13.2 Å². The fourth-order valence-corrected chi connectivity index (χ4v) is 2.03. The predicted octanol–water partition coefficient (Wildman–Crippen LogP) is 2.69. The monoisotopic (exact) mass is 280 g/mol. The molecule has 0 bridgehead atoms. The molecule has 0 unspecified atom stereocenters. The molecule has 5 nitrogen and oxygen atoms in total. The number of nitrogens with one attached hydrogen (secondary N) is 2. The number of hydrogen-bond donors (Lipinski definition) is 2. The normalized spacial score (nSPS) is 10.7. The van der Waals surface area contributed by atoms with Gasteiger partial charge in [-0.25, -0.2) is 0 Å². The molecule has 0 saturated carbocycles. The summed E-state index contributed by atoms with van der Waals surface area (Å²) in [5, 5.41) is 11.0. The van der Waals surface area contributed by atoms with Gasteiger partial charge in [0.15, 0.2) is 0 Å². The maximum atomic E-state index is 5.45. The number of benzene rings is 2. The number of nitrogens with zero attached hydrogens (tertiary/aromatic N) is 2. The molecule has 21 heavy (non-hydrogen) atoms. The van der Waals surface area contributed by atoms with Crippen molar-refractivity contribution in [2.24, 2.45) is 0 Å². The first-order valence-corrected chi connectivity index (χ1v) is 6.77. The Morgan fingerprint density at radius 3 is 2.38 bits per heavy atom. The molecular weight excluding hydrogens is 264 g/mol. The van der Waals surface area contributed by atoms with E-state index in [0.29, 0.717) is 13.2 Å². The standard InChI is InChI=1S/C16H16N4O/c1-3-7-13(8-4-1)12-21-17-11-15-16(19-20-18-15)14-9-5-2-6-10-14/h1-10,17H,11-12H2,(H,18,19,20). The highest BCUT2D eigenvalue weighted by Crippen LogP contribution is 2.18. The molecule has 0 aliphatic rings. The van der Waals surface area contributed by atoms with Crippen LogP contribution < -0.4 is 5.48 Å². The first kappa shape index (κ1) is 13.5. The van der Waals surface area contributed by atoms with E-state index in [1.807, 2.05) is 60.7 Å². The van der Waals surface area contributed by atoms with Crippen molar-refractivity contribution in [2.75, 3.05) is 0 Å². The summed E-state index contributed by atoms with van der Waals surface area (Å²) < 4.78 is 0. The summed E-state index contributed by atoms with van der Waals surface area (Å²) in [5.41, 5.74) is 6.74. The second-order valence-electron chi connectivity index (χ2n) is 4.58. The van der Waals surface area contributed by atoms with E-state index in [0.717, 1.165) is 22.5 Å². The van der Waals surface area contributed by atoms with E-state index < -0.39 is 0 Å². The van der Waals surface area contributed by atoms with Gasteiger partial charge in [0.2, 0.25) is 0 Å².